The van der Waals surface area contributed by atoms with Crippen LogP contribution in [0.5, 0.6) is 0 Å². The standard InChI is InChI=1S/C9H9ClFNO4S/c1-12(5-9(13)14)17(15,16)8-4-6(11)2-3-7(8)10/h2-4H,5H2,1H3,(H,13,14). The SMILES string of the molecule is CN(CC(=O)O)S(=O)(=O)c1cc(F)ccc1Cl. The lowest BCUT2D eigenvalue weighted by Crippen LogP contribution is -2.32. The number of carbonyl (C=O) groups is 1. The smallest absolute Gasteiger partial charge is 0.318 e. The molecule has 17 heavy (non-hydrogen) atoms. The number of hydrogen-bond donors (Lipinski definition) is 1. The lowest BCUT2D eigenvalue weighted by Gasteiger charge is -2.15. The van der Waals surface area contributed by atoms with Gasteiger partial charge in [-0.25, -0.2) is 12.8 Å². The summed E-state index contributed by atoms with van der Waals surface area (Å²) in [6.45, 7) is -0.727. The van der Waals surface area contributed by atoms with Crippen molar-refractivity contribution in [3.05, 3.63) is 29.0 Å². The van der Waals surface area contributed by atoms with Crippen LogP contribution in [0.2, 0.25) is 5.02 Å². The van der Waals surface area contributed by atoms with Gasteiger partial charge in [-0.1, -0.05) is 11.6 Å². The Morgan fingerprint density at radius 1 is 1.53 bits per heavy atom. The molecule has 1 aromatic rings. The fourth-order valence-electron chi connectivity index (χ4n) is 1.12. The molecule has 0 atom stereocenters. The molecule has 94 valence electrons. The van der Waals surface area contributed by atoms with Gasteiger partial charge in [0.25, 0.3) is 0 Å². The van der Waals surface area contributed by atoms with E-state index >= 15 is 0 Å². The lowest BCUT2D eigenvalue weighted by molar-refractivity contribution is -0.137. The van der Waals surface area contributed by atoms with E-state index in [4.69, 9.17) is 16.7 Å². The Kier molecular flexibility index (Phi) is 4.07. The van der Waals surface area contributed by atoms with E-state index in [2.05, 4.69) is 0 Å². The number of carboxylic acid groups (broad SMARTS) is 1. The number of rotatable bonds is 4. The van der Waals surface area contributed by atoms with Crippen LogP contribution in [0, 0.1) is 5.82 Å². The molecule has 1 rings (SSSR count). The van der Waals surface area contributed by atoms with E-state index in [9.17, 15) is 17.6 Å². The van der Waals surface area contributed by atoms with E-state index in [1.807, 2.05) is 0 Å². The molecular formula is C9H9ClFNO4S. The summed E-state index contributed by atoms with van der Waals surface area (Å²) >= 11 is 5.64. The summed E-state index contributed by atoms with van der Waals surface area (Å²) in [4.78, 5) is 9.97. The zero-order chi connectivity index (χ0) is 13.2. The molecule has 0 bridgehead atoms. The molecule has 0 radical (unpaired) electrons. The topological polar surface area (TPSA) is 74.7 Å². The molecule has 0 aliphatic heterocycles. The maximum atomic E-state index is 12.9. The second kappa shape index (κ2) is 4.99. The van der Waals surface area contributed by atoms with Crippen LogP contribution in [0.25, 0.3) is 0 Å². The number of halogens is 2. The number of carboxylic acids is 1. The normalized spacial score (nSPS) is 11.8. The summed E-state index contributed by atoms with van der Waals surface area (Å²) < 4.78 is 37.2. The van der Waals surface area contributed by atoms with Gasteiger partial charge in [0.1, 0.15) is 17.3 Å². The van der Waals surface area contributed by atoms with Crippen molar-refractivity contribution in [1.29, 1.82) is 0 Å². The molecule has 0 fully saturated rings. The van der Waals surface area contributed by atoms with Crippen molar-refractivity contribution in [1.82, 2.24) is 4.31 Å². The predicted molar refractivity (Wildman–Crippen MR) is 58.9 cm³/mol. The zero-order valence-corrected chi connectivity index (χ0v) is 10.3. The van der Waals surface area contributed by atoms with Crippen molar-refractivity contribution in [2.75, 3.05) is 13.6 Å². The van der Waals surface area contributed by atoms with Crippen molar-refractivity contribution < 1.29 is 22.7 Å². The van der Waals surface area contributed by atoms with Crippen molar-refractivity contribution in [2.45, 2.75) is 4.90 Å². The van der Waals surface area contributed by atoms with Crippen molar-refractivity contribution >= 4 is 27.6 Å². The average molecular weight is 282 g/mol. The highest BCUT2D eigenvalue weighted by Crippen LogP contribution is 2.24. The van der Waals surface area contributed by atoms with E-state index in [0.29, 0.717) is 4.31 Å². The first-order valence-electron chi connectivity index (χ1n) is 4.38. The molecule has 1 aromatic carbocycles. The summed E-state index contributed by atoms with van der Waals surface area (Å²) in [5.74, 6) is -2.08. The predicted octanol–water partition coefficient (Wildman–Crippen LogP) is 1.18. The van der Waals surface area contributed by atoms with Crippen LogP contribution in [0.3, 0.4) is 0 Å². The van der Waals surface area contributed by atoms with Gasteiger partial charge in [0, 0.05) is 7.05 Å². The van der Waals surface area contributed by atoms with Crippen molar-refractivity contribution in [2.24, 2.45) is 0 Å². The highest BCUT2D eigenvalue weighted by molar-refractivity contribution is 7.89. The minimum atomic E-state index is -4.11. The van der Waals surface area contributed by atoms with Gasteiger partial charge in [-0.3, -0.25) is 4.79 Å². The van der Waals surface area contributed by atoms with E-state index in [-0.39, 0.29) is 5.02 Å². The Morgan fingerprint density at radius 2 is 2.12 bits per heavy atom. The zero-order valence-electron chi connectivity index (χ0n) is 8.72. The first-order chi connectivity index (χ1) is 7.75. The first kappa shape index (κ1) is 13.9. The Morgan fingerprint density at radius 3 is 2.65 bits per heavy atom. The highest BCUT2D eigenvalue weighted by atomic mass is 35.5. The monoisotopic (exact) mass is 281 g/mol. The van der Waals surface area contributed by atoms with Gasteiger partial charge in [0.05, 0.1) is 5.02 Å². The molecule has 1 N–H and O–H groups in total. The molecule has 0 spiro atoms. The van der Waals surface area contributed by atoms with E-state index in [1.54, 1.807) is 0 Å². The third kappa shape index (κ3) is 3.15. The molecule has 8 heteroatoms. The molecule has 0 saturated carbocycles. The van der Waals surface area contributed by atoms with Crippen LogP contribution in [-0.4, -0.2) is 37.4 Å². The number of hydrogen-bond acceptors (Lipinski definition) is 3. The lowest BCUT2D eigenvalue weighted by atomic mass is 10.3. The molecular weight excluding hydrogens is 273 g/mol. The van der Waals surface area contributed by atoms with Crippen molar-refractivity contribution in [3.8, 4) is 0 Å². The third-order valence-corrected chi connectivity index (χ3v) is 4.22. The number of benzene rings is 1. The van der Waals surface area contributed by atoms with Gasteiger partial charge in [-0.2, -0.15) is 4.31 Å². The van der Waals surface area contributed by atoms with Crippen LogP contribution in [0.1, 0.15) is 0 Å². The molecule has 0 saturated heterocycles. The van der Waals surface area contributed by atoms with Gasteiger partial charge in [-0.05, 0) is 18.2 Å². The molecule has 5 nitrogen and oxygen atoms in total. The van der Waals surface area contributed by atoms with Gasteiger partial charge >= 0.3 is 5.97 Å². The summed E-state index contributed by atoms with van der Waals surface area (Å²) in [7, 11) is -3.03. The van der Waals surface area contributed by atoms with Crippen LogP contribution in [0.4, 0.5) is 4.39 Å². The maximum absolute atomic E-state index is 12.9. The third-order valence-electron chi connectivity index (χ3n) is 1.94. The Labute approximate surface area is 102 Å². The van der Waals surface area contributed by atoms with Gasteiger partial charge < -0.3 is 5.11 Å². The van der Waals surface area contributed by atoms with Gasteiger partial charge in [0.15, 0.2) is 0 Å². The Bertz CT molecular complexity index is 546. The molecule has 0 amide bonds. The number of likely N-dealkylation sites (N-methyl/N-ethyl adjacent to an activating group) is 1. The summed E-state index contributed by atoms with van der Waals surface area (Å²) in [5.41, 5.74) is 0. The van der Waals surface area contributed by atoms with Crippen LogP contribution in [0.15, 0.2) is 23.1 Å². The molecule has 0 aromatic heterocycles. The molecule has 0 unspecified atom stereocenters. The second-order valence-corrected chi connectivity index (χ2v) is 5.65. The number of sulfonamides is 1. The minimum absolute atomic E-state index is 0.163. The summed E-state index contributed by atoms with van der Waals surface area (Å²) in [6, 6.07) is 2.85. The number of aliphatic carboxylic acids is 1. The summed E-state index contributed by atoms with van der Waals surface area (Å²) in [5, 5.41) is 8.34. The van der Waals surface area contributed by atoms with E-state index < -0.39 is 33.3 Å². The van der Waals surface area contributed by atoms with Crippen LogP contribution in [-0.2, 0) is 14.8 Å². The van der Waals surface area contributed by atoms with Crippen LogP contribution < -0.4 is 0 Å². The van der Waals surface area contributed by atoms with Crippen LogP contribution >= 0.6 is 11.6 Å². The Balaban J connectivity index is 3.21. The van der Waals surface area contributed by atoms with E-state index in [0.717, 1.165) is 25.2 Å². The fourth-order valence-corrected chi connectivity index (χ4v) is 2.72. The largest absolute Gasteiger partial charge is 0.480 e. The fraction of sp³-hybridized carbons (Fsp3) is 0.222. The number of nitrogens with zero attached hydrogens (tertiary/aromatic N) is 1. The Hall–Kier alpha value is -1.18. The second-order valence-electron chi connectivity index (χ2n) is 3.23. The average Bonchev–Trinajstić information content (AvgIpc) is 2.20. The summed E-state index contributed by atoms with van der Waals surface area (Å²) in [6.07, 6.45) is 0. The van der Waals surface area contributed by atoms with E-state index in [1.165, 1.54) is 0 Å². The maximum Gasteiger partial charge on any atom is 0.318 e. The molecule has 0 aliphatic carbocycles. The first-order valence-corrected chi connectivity index (χ1v) is 6.20. The van der Waals surface area contributed by atoms with Gasteiger partial charge in [-0.15, -0.1) is 0 Å². The van der Waals surface area contributed by atoms with Gasteiger partial charge in [0.2, 0.25) is 10.0 Å². The quantitative estimate of drug-likeness (QED) is 0.899. The molecule has 0 aliphatic rings. The molecule has 0 heterocycles. The van der Waals surface area contributed by atoms with Crippen molar-refractivity contribution in [3.63, 3.8) is 0 Å². The highest BCUT2D eigenvalue weighted by Gasteiger charge is 2.25. The minimum Gasteiger partial charge on any atom is -0.480 e.